The molecule has 34 heavy (non-hydrogen) atoms. The predicted octanol–water partition coefficient (Wildman–Crippen LogP) is 5.53. The van der Waals surface area contributed by atoms with Gasteiger partial charge in [0.25, 0.3) is 5.91 Å². The topological polar surface area (TPSA) is 67.2 Å². The predicted molar refractivity (Wildman–Crippen MR) is 138 cm³/mol. The van der Waals surface area contributed by atoms with Crippen LogP contribution in [0.15, 0.2) is 54.6 Å². The lowest BCUT2D eigenvalue weighted by Gasteiger charge is -2.22. The summed E-state index contributed by atoms with van der Waals surface area (Å²) in [5.41, 5.74) is 4.49. The van der Waals surface area contributed by atoms with Crippen molar-refractivity contribution in [2.45, 2.75) is 59.8 Å². The summed E-state index contributed by atoms with van der Waals surface area (Å²) in [5, 5.41) is 7.77. The number of rotatable bonds is 8. The number of nitrogens with zero attached hydrogens (tertiary/aromatic N) is 3. The molecule has 1 aromatic heterocycles. The number of aromatic nitrogens is 2. The third-order valence-corrected chi connectivity index (χ3v) is 5.75. The van der Waals surface area contributed by atoms with Gasteiger partial charge in [-0.15, -0.1) is 0 Å². The highest BCUT2D eigenvalue weighted by Crippen LogP contribution is 2.26. The smallest absolute Gasteiger partial charge is 0.254 e. The van der Waals surface area contributed by atoms with E-state index in [-0.39, 0.29) is 23.8 Å². The number of anilines is 1. The van der Waals surface area contributed by atoms with E-state index in [2.05, 4.69) is 33.0 Å². The summed E-state index contributed by atoms with van der Waals surface area (Å²) in [5.74, 6) is 0.206. The van der Waals surface area contributed by atoms with Crippen molar-refractivity contribution in [1.82, 2.24) is 14.7 Å². The highest BCUT2D eigenvalue weighted by Gasteiger charge is 2.23. The van der Waals surface area contributed by atoms with E-state index in [1.54, 1.807) is 9.58 Å². The highest BCUT2D eigenvalue weighted by molar-refractivity contribution is 5.99. The SMILES string of the molecule is CCCN(CC(=O)Nc1cc(C(C)(C)C)nn1-c1ccc(C)cc1)C(=O)c1ccc(CC)cc1. The van der Waals surface area contributed by atoms with Crippen LogP contribution in [0, 0.1) is 6.92 Å². The average molecular weight is 461 g/mol. The molecule has 0 aliphatic rings. The van der Waals surface area contributed by atoms with Gasteiger partial charge in [-0.2, -0.15) is 5.10 Å². The monoisotopic (exact) mass is 460 g/mol. The van der Waals surface area contributed by atoms with Gasteiger partial charge in [0, 0.05) is 23.6 Å². The van der Waals surface area contributed by atoms with Crippen molar-refractivity contribution in [2.75, 3.05) is 18.4 Å². The van der Waals surface area contributed by atoms with Crippen molar-refractivity contribution >= 4 is 17.6 Å². The largest absolute Gasteiger partial charge is 0.329 e. The van der Waals surface area contributed by atoms with Crippen LogP contribution in [0.2, 0.25) is 0 Å². The van der Waals surface area contributed by atoms with Crippen molar-refractivity contribution in [3.05, 3.63) is 77.0 Å². The number of carbonyl (C=O) groups is 2. The first kappa shape index (κ1) is 25.2. The fraction of sp³-hybridized carbons (Fsp3) is 0.393. The molecule has 3 aromatic rings. The van der Waals surface area contributed by atoms with Gasteiger partial charge in [-0.3, -0.25) is 9.59 Å². The molecule has 0 saturated carbocycles. The molecule has 0 unspecified atom stereocenters. The second-order valence-corrected chi connectivity index (χ2v) is 9.74. The van der Waals surface area contributed by atoms with E-state index in [4.69, 9.17) is 5.10 Å². The molecule has 0 aliphatic heterocycles. The zero-order chi connectivity index (χ0) is 24.9. The summed E-state index contributed by atoms with van der Waals surface area (Å²) in [4.78, 5) is 27.8. The Balaban J connectivity index is 1.83. The first-order valence-electron chi connectivity index (χ1n) is 12.0. The van der Waals surface area contributed by atoms with Gasteiger partial charge in [0.1, 0.15) is 12.4 Å². The molecule has 0 atom stereocenters. The Bertz CT molecular complexity index is 1120. The minimum absolute atomic E-state index is 0.0217. The lowest BCUT2D eigenvalue weighted by molar-refractivity contribution is -0.116. The second kappa shape index (κ2) is 10.7. The van der Waals surface area contributed by atoms with Crippen molar-refractivity contribution in [1.29, 1.82) is 0 Å². The summed E-state index contributed by atoms with van der Waals surface area (Å²) in [6.07, 6.45) is 1.68. The summed E-state index contributed by atoms with van der Waals surface area (Å²) in [6, 6.07) is 17.5. The van der Waals surface area contributed by atoms with Gasteiger partial charge >= 0.3 is 0 Å². The van der Waals surface area contributed by atoms with Gasteiger partial charge in [-0.25, -0.2) is 4.68 Å². The van der Waals surface area contributed by atoms with Crippen LogP contribution < -0.4 is 5.32 Å². The molecule has 0 aliphatic carbocycles. The molecule has 180 valence electrons. The van der Waals surface area contributed by atoms with Crippen LogP contribution >= 0.6 is 0 Å². The Kier molecular flexibility index (Phi) is 7.92. The molecule has 0 radical (unpaired) electrons. The molecule has 2 amide bonds. The van der Waals surface area contributed by atoms with Gasteiger partial charge in [-0.05, 0) is 49.6 Å². The zero-order valence-electron chi connectivity index (χ0n) is 21.2. The Morgan fingerprint density at radius 1 is 1.00 bits per heavy atom. The van der Waals surface area contributed by atoms with Gasteiger partial charge in [0.05, 0.1) is 11.4 Å². The quantitative estimate of drug-likeness (QED) is 0.480. The summed E-state index contributed by atoms with van der Waals surface area (Å²) < 4.78 is 1.76. The van der Waals surface area contributed by atoms with E-state index >= 15 is 0 Å². The molecule has 1 heterocycles. The number of carbonyl (C=O) groups excluding carboxylic acids is 2. The Morgan fingerprint density at radius 3 is 2.21 bits per heavy atom. The highest BCUT2D eigenvalue weighted by atomic mass is 16.2. The minimum Gasteiger partial charge on any atom is -0.329 e. The van der Waals surface area contributed by atoms with E-state index in [9.17, 15) is 9.59 Å². The first-order valence-corrected chi connectivity index (χ1v) is 12.0. The van der Waals surface area contributed by atoms with Crippen LogP contribution in [-0.4, -0.2) is 39.6 Å². The Labute approximate surface area is 203 Å². The van der Waals surface area contributed by atoms with Crippen LogP contribution in [0.3, 0.4) is 0 Å². The van der Waals surface area contributed by atoms with Crippen LogP contribution in [0.4, 0.5) is 5.82 Å². The maximum Gasteiger partial charge on any atom is 0.254 e. The summed E-state index contributed by atoms with van der Waals surface area (Å²) in [6.45, 7) is 12.9. The maximum absolute atomic E-state index is 13.1. The van der Waals surface area contributed by atoms with Crippen LogP contribution in [0.1, 0.15) is 68.2 Å². The lowest BCUT2D eigenvalue weighted by atomic mass is 9.92. The average Bonchev–Trinajstić information content (AvgIpc) is 3.23. The van der Waals surface area contributed by atoms with Crippen molar-refractivity contribution in [3.8, 4) is 5.69 Å². The van der Waals surface area contributed by atoms with Crippen molar-refractivity contribution in [2.24, 2.45) is 0 Å². The molecule has 2 aromatic carbocycles. The van der Waals surface area contributed by atoms with Crippen molar-refractivity contribution < 1.29 is 9.59 Å². The molecule has 6 heteroatoms. The Hall–Kier alpha value is -3.41. The summed E-state index contributed by atoms with van der Waals surface area (Å²) in [7, 11) is 0. The van der Waals surface area contributed by atoms with E-state index in [1.807, 2.05) is 68.4 Å². The normalized spacial score (nSPS) is 11.4. The zero-order valence-corrected chi connectivity index (χ0v) is 21.2. The van der Waals surface area contributed by atoms with E-state index in [1.165, 1.54) is 5.56 Å². The minimum atomic E-state index is -0.249. The Morgan fingerprint density at radius 2 is 1.65 bits per heavy atom. The number of hydrogen-bond donors (Lipinski definition) is 1. The standard InChI is InChI=1S/C28H36N4O2/c1-7-17-31(27(34)22-13-11-21(8-2)12-14-22)19-26(33)29-25-18-24(28(4,5)6)30-32(25)23-15-9-20(3)10-16-23/h9-16,18H,7-8,17,19H2,1-6H3,(H,29,33). The van der Waals surface area contributed by atoms with Gasteiger partial charge < -0.3 is 10.2 Å². The molecule has 6 nitrogen and oxygen atoms in total. The summed E-state index contributed by atoms with van der Waals surface area (Å²) >= 11 is 0. The first-order chi connectivity index (χ1) is 16.1. The molecule has 1 N–H and O–H groups in total. The molecule has 0 spiro atoms. The van der Waals surface area contributed by atoms with Gasteiger partial charge in [0.2, 0.25) is 5.91 Å². The third kappa shape index (κ3) is 6.13. The number of aryl methyl sites for hydroxylation is 2. The number of amides is 2. The molecule has 0 fully saturated rings. The van der Waals surface area contributed by atoms with Gasteiger partial charge in [-0.1, -0.05) is 64.4 Å². The van der Waals surface area contributed by atoms with Crippen LogP contribution in [-0.2, 0) is 16.6 Å². The number of nitrogens with one attached hydrogen (secondary N) is 1. The maximum atomic E-state index is 13.1. The van der Waals surface area contributed by atoms with Crippen LogP contribution in [0.5, 0.6) is 0 Å². The third-order valence-electron chi connectivity index (χ3n) is 5.75. The number of hydrogen-bond acceptors (Lipinski definition) is 3. The van der Waals surface area contributed by atoms with Crippen LogP contribution in [0.25, 0.3) is 5.69 Å². The molecule has 3 rings (SSSR count). The molecule has 0 saturated heterocycles. The molecular weight excluding hydrogens is 424 g/mol. The second-order valence-electron chi connectivity index (χ2n) is 9.74. The molecular formula is C28H36N4O2. The fourth-order valence-electron chi connectivity index (χ4n) is 3.66. The van der Waals surface area contributed by atoms with E-state index in [0.717, 1.165) is 29.8 Å². The number of benzene rings is 2. The molecule has 0 bridgehead atoms. The van der Waals surface area contributed by atoms with E-state index in [0.29, 0.717) is 17.9 Å². The van der Waals surface area contributed by atoms with Crippen molar-refractivity contribution in [3.63, 3.8) is 0 Å². The fourth-order valence-corrected chi connectivity index (χ4v) is 3.66. The van der Waals surface area contributed by atoms with Gasteiger partial charge in [0.15, 0.2) is 0 Å². The lowest BCUT2D eigenvalue weighted by Crippen LogP contribution is -2.38. The van der Waals surface area contributed by atoms with E-state index < -0.39 is 0 Å².